The molecule has 2 aromatic carbocycles. The van der Waals surface area contributed by atoms with Gasteiger partial charge in [0.15, 0.2) is 0 Å². The maximum Gasteiger partial charge on any atom is 0.140 e. The summed E-state index contributed by atoms with van der Waals surface area (Å²) in [6, 6.07) is 12.4. The maximum absolute atomic E-state index is 18.0. The molecule has 0 saturated carbocycles. The molecule has 466 valence electrons. The number of rotatable bonds is 31. The third-order valence-electron chi connectivity index (χ3n) is 19.1. The average molecular weight is 1280 g/mol. The molecule has 14 heteroatoms. The fourth-order valence-electron chi connectivity index (χ4n) is 13.6. The van der Waals surface area contributed by atoms with E-state index in [0.29, 0.717) is 75.0 Å². The highest BCUT2D eigenvalue weighted by molar-refractivity contribution is 7.26. The Balaban J connectivity index is 1.06. The van der Waals surface area contributed by atoms with Crippen LogP contribution < -0.4 is 9.47 Å². The standard InChI is InChI=1S/C72H96F2N4O2S6/c1-41(2)19-15-23-45(9)27-31-71(32-28-46(10)24-16-20-42(3)4)53-38-59(51-36-55(73)50(14)63-64(51)76-85-75-63)82-68(53)70-58(80-71)40-60(83-70)52-37-56(74)62(66-65(52)77-86-78-66)61-39-54-67(84-61)69-57(35-49(13)81-69)79-72(54,33-29-47(11)25-17-21-43(5)6)34-30-48(12)26-18-22-44(7)8/h35-48H,15-34H2,1-14H3. The number of thiophene rings is 4. The quantitative estimate of drug-likeness (QED) is 0.0431. The first-order valence-corrected chi connectivity index (χ1v) is 37.6. The van der Waals surface area contributed by atoms with Gasteiger partial charge in [0.1, 0.15) is 56.4 Å². The summed E-state index contributed by atoms with van der Waals surface area (Å²) in [5, 5.41) is 0. The van der Waals surface area contributed by atoms with Crippen LogP contribution in [0.4, 0.5) is 8.78 Å². The lowest BCUT2D eigenvalue weighted by atomic mass is 9.78. The molecular weight excluding hydrogens is 1180 g/mol. The summed E-state index contributed by atoms with van der Waals surface area (Å²) < 4.78 is 68.6. The van der Waals surface area contributed by atoms with E-state index in [2.05, 4.69) is 119 Å². The molecule has 6 nitrogen and oxygen atoms in total. The predicted octanol–water partition coefficient (Wildman–Crippen LogP) is 25.3. The molecule has 10 rings (SSSR count). The van der Waals surface area contributed by atoms with Crippen molar-refractivity contribution in [2.75, 3.05) is 0 Å². The second-order valence-corrected chi connectivity index (χ2v) is 33.8. The molecule has 0 saturated heterocycles. The molecule has 0 spiro atoms. The van der Waals surface area contributed by atoms with Gasteiger partial charge in [-0.2, -0.15) is 17.5 Å². The molecular formula is C72H96F2N4O2S6. The summed E-state index contributed by atoms with van der Waals surface area (Å²) in [7, 11) is 0. The van der Waals surface area contributed by atoms with Crippen LogP contribution in [0.2, 0.25) is 0 Å². The van der Waals surface area contributed by atoms with Crippen LogP contribution in [-0.4, -0.2) is 17.5 Å². The van der Waals surface area contributed by atoms with Crippen LogP contribution in [0.25, 0.3) is 72.9 Å². The van der Waals surface area contributed by atoms with Crippen LogP contribution >= 0.6 is 68.8 Å². The molecule has 0 fully saturated rings. The van der Waals surface area contributed by atoms with Gasteiger partial charge in [0.2, 0.25) is 0 Å². The lowest BCUT2D eigenvalue weighted by molar-refractivity contribution is 0.0322. The zero-order valence-electron chi connectivity index (χ0n) is 54.0. The molecule has 2 aliphatic rings. The van der Waals surface area contributed by atoms with Gasteiger partial charge in [-0.15, -0.1) is 45.3 Å². The molecule has 8 heterocycles. The van der Waals surface area contributed by atoms with Gasteiger partial charge in [-0.25, -0.2) is 8.78 Å². The Bertz CT molecular complexity index is 3510. The van der Waals surface area contributed by atoms with Crippen LogP contribution in [0.1, 0.15) is 233 Å². The molecule has 6 aromatic heterocycles. The van der Waals surface area contributed by atoms with Crippen molar-refractivity contribution in [3.05, 3.63) is 69.6 Å². The predicted molar refractivity (Wildman–Crippen MR) is 369 cm³/mol. The number of ether oxygens (including phenoxy) is 2. The second kappa shape index (κ2) is 28.2. The Morgan fingerprint density at radius 2 is 0.767 bits per heavy atom. The average Bonchev–Trinajstić information content (AvgIpc) is 2.41. The molecule has 4 atom stereocenters. The normalized spacial score (nSPS) is 18.0. The van der Waals surface area contributed by atoms with E-state index in [4.69, 9.17) is 22.6 Å². The van der Waals surface area contributed by atoms with Gasteiger partial charge in [0.25, 0.3) is 0 Å². The topological polar surface area (TPSA) is 70.0 Å². The monoisotopic (exact) mass is 1280 g/mol. The van der Waals surface area contributed by atoms with Gasteiger partial charge in [-0.3, -0.25) is 0 Å². The highest BCUT2D eigenvalue weighted by Crippen LogP contribution is 2.61. The van der Waals surface area contributed by atoms with Crippen molar-refractivity contribution in [3.8, 4) is 62.3 Å². The number of aromatic nitrogens is 4. The zero-order chi connectivity index (χ0) is 61.2. The van der Waals surface area contributed by atoms with E-state index in [0.717, 1.165) is 132 Å². The molecule has 0 bridgehead atoms. The fraction of sp³-hybridized carbons (Fsp3) is 0.611. The van der Waals surface area contributed by atoms with Gasteiger partial charge in [0.05, 0.1) is 48.5 Å². The molecule has 4 unspecified atom stereocenters. The third kappa shape index (κ3) is 14.6. The molecule has 0 radical (unpaired) electrons. The summed E-state index contributed by atoms with van der Waals surface area (Å²) >= 11 is 9.13. The third-order valence-corrected chi connectivity index (χ3v) is 24.9. The highest BCUT2D eigenvalue weighted by atomic mass is 32.1. The van der Waals surface area contributed by atoms with Crippen LogP contribution in [0.5, 0.6) is 11.5 Å². The van der Waals surface area contributed by atoms with Crippen molar-refractivity contribution in [3.63, 3.8) is 0 Å². The first kappa shape index (κ1) is 65.3. The lowest BCUT2D eigenvalue weighted by Crippen LogP contribution is -2.36. The first-order chi connectivity index (χ1) is 41.1. The number of hydrogen-bond donors (Lipinski definition) is 0. The molecule has 8 aromatic rings. The number of aryl methyl sites for hydroxylation is 2. The van der Waals surface area contributed by atoms with Crippen LogP contribution in [0, 0.1) is 72.8 Å². The Morgan fingerprint density at radius 1 is 0.395 bits per heavy atom. The van der Waals surface area contributed by atoms with Crippen LogP contribution in [-0.2, 0) is 11.2 Å². The van der Waals surface area contributed by atoms with Gasteiger partial charge in [-0.05, 0) is 149 Å². The smallest absolute Gasteiger partial charge is 0.140 e. The van der Waals surface area contributed by atoms with E-state index in [1.807, 2.05) is 0 Å². The Labute approximate surface area is 538 Å². The number of benzene rings is 2. The van der Waals surface area contributed by atoms with E-state index < -0.39 is 11.2 Å². The number of nitrogens with zero attached hydrogens (tertiary/aromatic N) is 4. The van der Waals surface area contributed by atoms with Gasteiger partial charge < -0.3 is 9.47 Å². The van der Waals surface area contributed by atoms with Crippen molar-refractivity contribution >= 4 is 90.9 Å². The molecule has 86 heavy (non-hydrogen) atoms. The maximum atomic E-state index is 18.0. The summed E-state index contributed by atoms with van der Waals surface area (Å²) in [5.41, 5.74) is 6.41. The van der Waals surface area contributed by atoms with E-state index >= 15 is 8.78 Å². The number of halogens is 2. The van der Waals surface area contributed by atoms with E-state index in [1.165, 1.54) is 97.9 Å². The number of hydrogen-bond acceptors (Lipinski definition) is 12. The summed E-state index contributed by atoms with van der Waals surface area (Å²) in [6.07, 6.45) is 22.4. The minimum atomic E-state index is -0.626. The first-order valence-electron chi connectivity index (χ1n) is 32.9. The Hall–Kier alpha value is -3.66. The van der Waals surface area contributed by atoms with Gasteiger partial charge >= 0.3 is 0 Å². The largest absolute Gasteiger partial charge is 0.481 e. The SMILES string of the molecule is Cc1cc2c(s1)-c1sc(-c3c(F)cc(-c4cc5c(s4)-c4sc(-c6cc(F)c(C)c7nsnc67)cc4C(CCC(C)CCCC(C)C)(CCC(C)CCCC(C)C)O5)c4nsnc34)cc1C(CCC(C)CCCC(C)C)(CCC(C)CCCC(C)C)O2. The molecule has 0 amide bonds. The van der Waals surface area contributed by atoms with E-state index in [1.54, 1.807) is 64.4 Å². The fourth-order valence-corrected chi connectivity index (χ4v) is 19.7. The minimum absolute atomic E-state index is 0.276. The second-order valence-electron chi connectivity index (χ2n) is 28.4. The van der Waals surface area contributed by atoms with Crippen LogP contribution in [0.15, 0.2) is 36.4 Å². The highest BCUT2D eigenvalue weighted by Gasteiger charge is 2.46. The zero-order valence-corrected chi connectivity index (χ0v) is 58.9. The molecule has 0 aliphatic carbocycles. The van der Waals surface area contributed by atoms with Crippen molar-refractivity contribution in [1.29, 1.82) is 0 Å². The minimum Gasteiger partial charge on any atom is -0.481 e. The molecule has 0 N–H and O–H groups in total. The van der Waals surface area contributed by atoms with E-state index in [9.17, 15) is 0 Å². The number of fused-ring (bicyclic) bond motifs is 8. The molecule has 2 aliphatic heterocycles. The summed E-state index contributed by atoms with van der Waals surface area (Å²) in [6.45, 7) is 32.2. The lowest BCUT2D eigenvalue weighted by Gasteiger charge is -2.39. The Kier molecular flexibility index (Phi) is 21.4. The Morgan fingerprint density at radius 3 is 1.24 bits per heavy atom. The van der Waals surface area contributed by atoms with Crippen molar-refractivity contribution in [1.82, 2.24) is 17.5 Å². The van der Waals surface area contributed by atoms with E-state index in [-0.39, 0.29) is 11.6 Å². The van der Waals surface area contributed by atoms with Gasteiger partial charge in [-0.1, -0.05) is 160 Å². The summed E-state index contributed by atoms with van der Waals surface area (Å²) in [4.78, 5) is 8.49. The summed E-state index contributed by atoms with van der Waals surface area (Å²) in [5.74, 6) is 6.18. The van der Waals surface area contributed by atoms with Crippen molar-refractivity contribution < 1.29 is 18.3 Å². The van der Waals surface area contributed by atoms with Crippen LogP contribution in [0.3, 0.4) is 0 Å². The van der Waals surface area contributed by atoms with Crippen molar-refractivity contribution in [2.45, 2.75) is 237 Å². The van der Waals surface area contributed by atoms with Crippen molar-refractivity contribution in [2.24, 2.45) is 47.3 Å². The van der Waals surface area contributed by atoms with Gasteiger partial charge in [0, 0.05) is 47.3 Å².